The van der Waals surface area contributed by atoms with Crippen LogP contribution in [0.1, 0.15) is 12.0 Å². The smallest absolute Gasteiger partial charge is 0.0703 e. The molecule has 2 rings (SSSR count). The number of aryl methyl sites for hydroxylation is 1. The van der Waals surface area contributed by atoms with Crippen molar-refractivity contribution in [2.24, 2.45) is 0 Å². The van der Waals surface area contributed by atoms with Gasteiger partial charge in [-0.25, -0.2) is 0 Å². The van der Waals surface area contributed by atoms with Crippen LogP contribution in [0, 0.1) is 0 Å². The van der Waals surface area contributed by atoms with Crippen LogP contribution in [0.3, 0.4) is 0 Å². The maximum Gasteiger partial charge on any atom is 0.0703 e. The predicted octanol–water partition coefficient (Wildman–Crippen LogP) is 1.67. The van der Waals surface area contributed by atoms with Crippen molar-refractivity contribution < 1.29 is 4.74 Å². The Bertz CT molecular complexity index is 229. The lowest BCUT2D eigenvalue weighted by Gasteiger charge is -2.23. The summed E-state index contributed by atoms with van der Waals surface area (Å²) in [5.74, 6) is 0. The van der Waals surface area contributed by atoms with E-state index < -0.39 is 0 Å². The molecule has 0 bridgehead atoms. The Morgan fingerprint density at radius 2 is 2.62 bits per heavy atom. The van der Waals surface area contributed by atoms with Crippen LogP contribution < -0.4 is 5.32 Å². The molecule has 2 heterocycles. The summed E-state index contributed by atoms with van der Waals surface area (Å²) in [5.41, 5.74) is 1.44. The Balaban J connectivity index is 1.72. The Morgan fingerprint density at radius 3 is 3.31 bits per heavy atom. The second kappa shape index (κ2) is 4.74. The molecule has 1 fully saturated rings. The van der Waals surface area contributed by atoms with E-state index in [-0.39, 0.29) is 0 Å². The summed E-state index contributed by atoms with van der Waals surface area (Å²) in [6.45, 7) is 2.90. The third-order valence-corrected chi connectivity index (χ3v) is 3.07. The number of hydrogen-bond acceptors (Lipinski definition) is 3. The van der Waals surface area contributed by atoms with Crippen LogP contribution in [0.25, 0.3) is 0 Å². The van der Waals surface area contributed by atoms with Crippen LogP contribution in [0.2, 0.25) is 0 Å². The van der Waals surface area contributed by atoms with E-state index in [1.165, 1.54) is 5.56 Å². The van der Waals surface area contributed by atoms with Crippen molar-refractivity contribution in [2.45, 2.75) is 18.9 Å². The molecule has 13 heavy (non-hydrogen) atoms. The average Bonchev–Trinajstić information content (AvgIpc) is 2.69. The highest BCUT2D eigenvalue weighted by Crippen LogP contribution is 2.11. The van der Waals surface area contributed by atoms with Crippen molar-refractivity contribution in [3.05, 3.63) is 22.4 Å². The standard InChI is InChI=1S/C10H15NOS/c1(9-3-6-13-8-9)2-10-7-11-4-5-12-10/h3,6,8,10-11H,1-2,4-5,7H2. The molecule has 1 N–H and O–H groups in total. The molecule has 1 aromatic heterocycles. The SMILES string of the molecule is c1cc(CCC2CNCCO2)cs1. The summed E-state index contributed by atoms with van der Waals surface area (Å²) >= 11 is 1.77. The third kappa shape index (κ3) is 2.79. The van der Waals surface area contributed by atoms with Crippen LogP contribution in [-0.2, 0) is 11.2 Å². The zero-order chi connectivity index (χ0) is 8.93. The second-order valence-corrected chi connectivity index (χ2v) is 4.15. The van der Waals surface area contributed by atoms with E-state index in [2.05, 4.69) is 22.1 Å². The number of nitrogens with one attached hydrogen (secondary N) is 1. The van der Waals surface area contributed by atoms with E-state index in [0.29, 0.717) is 6.10 Å². The summed E-state index contributed by atoms with van der Waals surface area (Å²) < 4.78 is 5.62. The monoisotopic (exact) mass is 197 g/mol. The first-order valence-corrected chi connectivity index (χ1v) is 5.73. The van der Waals surface area contributed by atoms with E-state index in [1.807, 2.05) is 0 Å². The highest BCUT2D eigenvalue weighted by molar-refractivity contribution is 7.07. The summed E-state index contributed by atoms with van der Waals surface area (Å²) in [6, 6.07) is 2.20. The molecule has 1 saturated heterocycles. The second-order valence-electron chi connectivity index (χ2n) is 3.37. The molecule has 0 spiro atoms. The van der Waals surface area contributed by atoms with Gasteiger partial charge in [-0.2, -0.15) is 11.3 Å². The summed E-state index contributed by atoms with van der Waals surface area (Å²) in [6.07, 6.45) is 2.72. The molecule has 1 unspecified atom stereocenters. The molecule has 1 atom stereocenters. The van der Waals surface area contributed by atoms with Gasteiger partial charge in [0.25, 0.3) is 0 Å². The lowest BCUT2D eigenvalue weighted by atomic mass is 10.1. The summed E-state index contributed by atoms with van der Waals surface area (Å²) in [7, 11) is 0. The van der Waals surface area contributed by atoms with Gasteiger partial charge in [-0.1, -0.05) is 0 Å². The number of morpholine rings is 1. The van der Waals surface area contributed by atoms with Gasteiger partial charge in [0.1, 0.15) is 0 Å². The zero-order valence-corrected chi connectivity index (χ0v) is 8.48. The maximum absolute atomic E-state index is 5.62. The molecular weight excluding hydrogens is 182 g/mol. The van der Waals surface area contributed by atoms with E-state index in [4.69, 9.17) is 4.74 Å². The van der Waals surface area contributed by atoms with Crippen LogP contribution in [-0.4, -0.2) is 25.8 Å². The minimum absolute atomic E-state index is 0.425. The lowest BCUT2D eigenvalue weighted by Crippen LogP contribution is -2.38. The van der Waals surface area contributed by atoms with Crippen LogP contribution in [0.4, 0.5) is 0 Å². The first-order valence-electron chi connectivity index (χ1n) is 4.78. The molecule has 0 aliphatic carbocycles. The molecule has 3 heteroatoms. The van der Waals surface area contributed by atoms with Gasteiger partial charge in [0.15, 0.2) is 0 Å². The van der Waals surface area contributed by atoms with Gasteiger partial charge in [-0.3, -0.25) is 0 Å². The normalized spacial score (nSPS) is 23.2. The zero-order valence-electron chi connectivity index (χ0n) is 7.66. The quantitative estimate of drug-likeness (QED) is 0.796. The fraction of sp³-hybridized carbons (Fsp3) is 0.600. The van der Waals surface area contributed by atoms with Crippen LogP contribution in [0.15, 0.2) is 16.8 Å². The highest BCUT2D eigenvalue weighted by atomic mass is 32.1. The molecule has 1 aliphatic rings. The van der Waals surface area contributed by atoms with Crippen LogP contribution >= 0.6 is 11.3 Å². The minimum atomic E-state index is 0.425. The fourth-order valence-corrected chi connectivity index (χ4v) is 2.27. The van der Waals surface area contributed by atoms with Crippen LogP contribution in [0.5, 0.6) is 0 Å². The van der Waals surface area contributed by atoms with E-state index >= 15 is 0 Å². The van der Waals surface area contributed by atoms with Crippen molar-refractivity contribution in [3.63, 3.8) is 0 Å². The topological polar surface area (TPSA) is 21.3 Å². The Kier molecular flexibility index (Phi) is 3.35. The van der Waals surface area contributed by atoms with E-state index in [1.54, 1.807) is 11.3 Å². The van der Waals surface area contributed by atoms with Gasteiger partial charge >= 0.3 is 0 Å². The third-order valence-electron chi connectivity index (χ3n) is 2.34. The molecule has 1 aliphatic heterocycles. The largest absolute Gasteiger partial charge is 0.376 e. The van der Waals surface area contributed by atoms with E-state index in [0.717, 1.165) is 32.5 Å². The van der Waals surface area contributed by atoms with Crippen molar-refractivity contribution in [3.8, 4) is 0 Å². The highest BCUT2D eigenvalue weighted by Gasteiger charge is 2.12. The molecule has 0 radical (unpaired) electrons. The van der Waals surface area contributed by atoms with Crippen molar-refractivity contribution in [2.75, 3.05) is 19.7 Å². The molecule has 0 amide bonds. The number of hydrogen-bond donors (Lipinski definition) is 1. The fourth-order valence-electron chi connectivity index (χ4n) is 1.57. The predicted molar refractivity (Wildman–Crippen MR) is 55.2 cm³/mol. The Labute approximate surface area is 82.9 Å². The lowest BCUT2D eigenvalue weighted by molar-refractivity contribution is 0.0238. The minimum Gasteiger partial charge on any atom is -0.376 e. The van der Waals surface area contributed by atoms with Gasteiger partial charge in [-0.05, 0) is 35.2 Å². The number of ether oxygens (including phenoxy) is 1. The summed E-state index contributed by atoms with van der Waals surface area (Å²) in [5, 5.41) is 7.70. The molecule has 0 aromatic carbocycles. The van der Waals surface area contributed by atoms with Gasteiger partial charge in [0.2, 0.25) is 0 Å². The first-order chi connectivity index (χ1) is 6.45. The number of rotatable bonds is 3. The molecule has 0 saturated carbocycles. The number of thiophene rings is 1. The molecule has 72 valence electrons. The molecule has 1 aromatic rings. The van der Waals surface area contributed by atoms with Gasteiger partial charge < -0.3 is 10.1 Å². The van der Waals surface area contributed by atoms with Gasteiger partial charge in [0.05, 0.1) is 12.7 Å². The average molecular weight is 197 g/mol. The Morgan fingerprint density at radius 1 is 1.62 bits per heavy atom. The van der Waals surface area contributed by atoms with Crippen molar-refractivity contribution >= 4 is 11.3 Å². The Hall–Kier alpha value is -0.380. The summed E-state index contributed by atoms with van der Waals surface area (Å²) in [4.78, 5) is 0. The van der Waals surface area contributed by atoms with Crippen molar-refractivity contribution in [1.82, 2.24) is 5.32 Å². The van der Waals surface area contributed by atoms with Gasteiger partial charge in [0, 0.05) is 13.1 Å². The van der Waals surface area contributed by atoms with Gasteiger partial charge in [-0.15, -0.1) is 0 Å². The maximum atomic E-state index is 5.62. The molecule has 2 nitrogen and oxygen atoms in total. The molecular formula is C10H15NOS. The van der Waals surface area contributed by atoms with E-state index in [9.17, 15) is 0 Å². The first kappa shape index (κ1) is 9.19. The van der Waals surface area contributed by atoms with Crippen molar-refractivity contribution in [1.29, 1.82) is 0 Å².